The normalized spacial score (nSPS) is 15.1. The third-order valence-corrected chi connectivity index (χ3v) is 3.27. The highest BCUT2D eigenvalue weighted by atomic mass is 19.2. The number of hydrogen-bond donors (Lipinski definition) is 1. The summed E-state index contributed by atoms with van der Waals surface area (Å²) in [6.45, 7) is 1.22. The number of rotatable bonds is 6. The van der Waals surface area contributed by atoms with Crippen molar-refractivity contribution in [3.63, 3.8) is 0 Å². The Hall–Kier alpha value is -1.49. The van der Waals surface area contributed by atoms with Crippen LogP contribution in [-0.4, -0.2) is 19.1 Å². The molecule has 19 heavy (non-hydrogen) atoms. The lowest BCUT2D eigenvalue weighted by Crippen LogP contribution is -2.27. The zero-order chi connectivity index (χ0) is 13.7. The van der Waals surface area contributed by atoms with Crippen LogP contribution in [0.1, 0.15) is 24.8 Å². The number of nitrogens with one attached hydrogen (secondary N) is 1. The van der Waals surface area contributed by atoms with Gasteiger partial charge in [0.05, 0.1) is 5.92 Å². The predicted octanol–water partition coefficient (Wildman–Crippen LogP) is 2.40. The predicted molar refractivity (Wildman–Crippen MR) is 66.4 cm³/mol. The first-order valence-corrected chi connectivity index (χ1v) is 6.48. The van der Waals surface area contributed by atoms with E-state index in [0.29, 0.717) is 25.3 Å². The number of hydrogen-bond acceptors (Lipinski definition) is 3. The SMILES string of the molecule is O=C(OCCNCc1ccc(F)c(F)c1)C1CCC1. The second kappa shape index (κ2) is 6.61. The summed E-state index contributed by atoms with van der Waals surface area (Å²) >= 11 is 0. The molecule has 0 saturated heterocycles. The largest absolute Gasteiger partial charge is 0.464 e. The minimum absolute atomic E-state index is 0.0891. The second-order valence-electron chi connectivity index (χ2n) is 4.72. The number of esters is 1. The average molecular weight is 269 g/mol. The lowest BCUT2D eigenvalue weighted by atomic mass is 9.86. The molecular formula is C14H17F2NO2. The number of benzene rings is 1. The Morgan fingerprint density at radius 1 is 1.32 bits per heavy atom. The van der Waals surface area contributed by atoms with Gasteiger partial charge < -0.3 is 10.1 Å². The first kappa shape index (κ1) is 13.9. The maximum atomic E-state index is 12.9. The van der Waals surface area contributed by atoms with E-state index < -0.39 is 11.6 Å². The van der Waals surface area contributed by atoms with Gasteiger partial charge in [-0.25, -0.2) is 8.78 Å². The van der Waals surface area contributed by atoms with Crippen LogP contribution in [0.4, 0.5) is 8.78 Å². The van der Waals surface area contributed by atoms with E-state index in [1.165, 1.54) is 6.07 Å². The quantitative estimate of drug-likeness (QED) is 0.636. The van der Waals surface area contributed by atoms with Crippen molar-refractivity contribution in [1.29, 1.82) is 0 Å². The number of carbonyl (C=O) groups excluding carboxylic acids is 1. The molecule has 104 valence electrons. The fraction of sp³-hybridized carbons (Fsp3) is 0.500. The molecule has 0 spiro atoms. The fourth-order valence-corrected chi connectivity index (χ4v) is 1.87. The standard InChI is InChI=1S/C14H17F2NO2/c15-12-5-4-10(8-13(12)16)9-17-6-7-19-14(18)11-2-1-3-11/h4-5,8,11,17H,1-3,6-7,9H2. The summed E-state index contributed by atoms with van der Waals surface area (Å²) in [4.78, 5) is 11.4. The summed E-state index contributed by atoms with van der Waals surface area (Å²) < 4.78 is 30.7. The Kier molecular flexibility index (Phi) is 4.85. The minimum atomic E-state index is -0.851. The summed E-state index contributed by atoms with van der Waals surface area (Å²) in [6, 6.07) is 3.78. The molecule has 1 aliphatic rings. The van der Waals surface area contributed by atoms with Crippen LogP contribution < -0.4 is 5.32 Å². The zero-order valence-corrected chi connectivity index (χ0v) is 10.6. The van der Waals surface area contributed by atoms with Gasteiger partial charge in [-0.2, -0.15) is 0 Å². The average Bonchev–Trinajstić information content (AvgIpc) is 2.31. The summed E-state index contributed by atoms with van der Waals surface area (Å²) in [5.74, 6) is -1.74. The van der Waals surface area contributed by atoms with Crippen LogP contribution >= 0.6 is 0 Å². The first-order valence-electron chi connectivity index (χ1n) is 6.48. The smallest absolute Gasteiger partial charge is 0.308 e. The number of carbonyl (C=O) groups is 1. The Morgan fingerprint density at radius 3 is 2.74 bits per heavy atom. The summed E-state index contributed by atoms with van der Waals surface area (Å²) in [7, 11) is 0. The molecule has 0 bridgehead atoms. The van der Waals surface area contributed by atoms with Crippen molar-refractivity contribution in [2.75, 3.05) is 13.2 Å². The van der Waals surface area contributed by atoms with Crippen molar-refractivity contribution >= 4 is 5.97 Å². The lowest BCUT2D eigenvalue weighted by Gasteiger charge is -2.23. The molecule has 0 radical (unpaired) electrons. The highest BCUT2D eigenvalue weighted by molar-refractivity contribution is 5.73. The van der Waals surface area contributed by atoms with Gasteiger partial charge in [-0.3, -0.25) is 4.79 Å². The van der Waals surface area contributed by atoms with Crippen LogP contribution in [0.2, 0.25) is 0 Å². The third kappa shape index (κ3) is 3.99. The van der Waals surface area contributed by atoms with Crippen molar-refractivity contribution in [3.05, 3.63) is 35.4 Å². The van der Waals surface area contributed by atoms with Crippen molar-refractivity contribution in [2.24, 2.45) is 5.92 Å². The van der Waals surface area contributed by atoms with Crippen molar-refractivity contribution in [3.8, 4) is 0 Å². The maximum absolute atomic E-state index is 12.9. The molecule has 1 fully saturated rings. The van der Waals surface area contributed by atoms with Gasteiger partial charge in [0.1, 0.15) is 6.61 Å². The van der Waals surface area contributed by atoms with Gasteiger partial charge in [0, 0.05) is 13.1 Å². The Labute approximate surface area is 111 Å². The van der Waals surface area contributed by atoms with E-state index in [0.717, 1.165) is 31.4 Å². The minimum Gasteiger partial charge on any atom is -0.464 e. The van der Waals surface area contributed by atoms with Crippen molar-refractivity contribution in [1.82, 2.24) is 5.32 Å². The maximum Gasteiger partial charge on any atom is 0.308 e. The van der Waals surface area contributed by atoms with Crippen LogP contribution in [0.15, 0.2) is 18.2 Å². The molecule has 1 N–H and O–H groups in total. The van der Waals surface area contributed by atoms with E-state index in [1.54, 1.807) is 0 Å². The molecule has 3 nitrogen and oxygen atoms in total. The van der Waals surface area contributed by atoms with Gasteiger partial charge in [-0.15, -0.1) is 0 Å². The second-order valence-corrected chi connectivity index (χ2v) is 4.72. The summed E-state index contributed by atoms with van der Waals surface area (Å²) in [6.07, 6.45) is 2.97. The molecule has 0 aliphatic heterocycles. The van der Waals surface area contributed by atoms with E-state index in [2.05, 4.69) is 5.32 Å². The van der Waals surface area contributed by atoms with Crippen molar-refractivity contribution in [2.45, 2.75) is 25.8 Å². The molecule has 5 heteroatoms. The molecule has 1 saturated carbocycles. The van der Waals surface area contributed by atoms with Crippen LogP contribution in [-0.2, 0) is 16.1 Å². The van der Waals surface area contributed by atoms with E-state index in [1.807, 2.05) is 0 Å². The summed E-state index contributed by atoms with van der Waals surface area (Å²) in [5, 5.41) is 3.01. The summed E-state index contributed by atoms with van der Waals surface area (Å²) in [5.41, 5.74) is 0.657. The lowest BCUT2D eigenvalue weighted by molar-refractivity contribution is -0.151. The van der Waals surface area contributed by atoms with Crippen LogP contribution in [0.5, 0.6) is 0 Å². The van der Waals surface area contributed by atoms with Gasteiger partial charge in [-0.05, 0) is 30.5 Å². The molecule has 0 heterocycles. The van der Waals surface area contributed by atoms with Gasteiger partial charge in [0.15, 0.2) is 11.6 Å². The molecule has 0 atom stereocenters. The molecule has 0 aromatic heterocycles. The Balaban J connectivity index is 1.61. The molecule has 1 aliphatic carbocycles. The van der Waals surface area contributed by atoms with Crippen molar-refractivity contribution < 1.29 is 18.3 Å². The zero-order valence-electron chi connectivity index (χ0n) is 10.6. The Bertz CT molecular complexity index is 447. The van der Waals surface area contributed by atoms with E-state index >= 15 is 0 Å². The molecule has 1 aromatic carbocycles. The van der Waals surface area contributed by atoms with E-state index in [9.17, 15) is 13.6 Å². The van der Waals surface area contributed by atoms with Crippen LogP contribution in [0.3, 0.4) is 0 Å². The molecule has 0 unspecified atom stereocenters. The number of halogens is 2. The molecular weight excluding hydrogens is 252 g/mol. The van der Waals surface area contributed by atoms with Crippen LogP contribution in [0.25, 0.3) is 0 Å². The van der Waals surface area contributed by atoms with Gasteiger partial charge in [-0.1, -0.05) is 12.5 Å². The first-order chi connectivity index (χ1) is 9.16. The monoisotopic (exact) mass is 269 g/mol. The highest BCUT2D eigenvalue weighted by Gasteiger charge is 2.26. The van der Waals surface area contributed by atoms with Gasteiger partial charge in [0.2, 0.25) is 0 Å². The third-order valence-electron chi connectivity index (χ3n) is 3.27. The highest BCUT2D eigenvalue weighted by Crippen LogP contribution is 2.27. The van der Waals surface area contributed by atoms with Crippen LogP contribution in [0, 0.1) is 17.6 Å². The van der Waals surface area contributed by atoms with E-state index in [-0.39, 0.29) is 11.9 Å². The molecule has 2 rings (SSSR count). The topological polar surface area (TPSA) is 38.3 Å². The van der Waals surface area contributed by atoms with Gasteiger partial charge >= 0.3 is 5.97 Å². The molecule has 1 aromatic rings. The number of ether oxygens (including phenoxy) is 1. The fourth-order valence-electron chi connectivity index (χ4n) is 1.87. The van der Waals surface area contributed by atoms with E-state index in [4.69, 9.17) is 4.74 Å². The molecule has 0 amide bonds. The van der Waals surface area contributed by atoms with Gasteiger partial charge in [0.25, 0.3) is 0 Å². The Morgan fingerprint density at radius 2 is 2.11 bits per heavy atom.